The van der Waals surface area contributed by atoms with E-state index in [-0.39, 0.29) is 5.69 Å². The highest BCUT2D eigenvalue weighted by Crippen LogP contribution is 2.34. The van der Waals surface area contributed by atoms with Crippen LogP contribution >= 0.6 is 22.9 Å². The van der Waals surface area contributed by atoms with Gasteiger partial charge in [0.2, 0.25) is 0 Å². The summed E-state index contributed by atoms with van der Waals surface area (Å²) in [5.41, 5.74) is 5.43. The Morgan fingerprint density at radius 2 is 2.25 bits per heavy atom. The van der Waals surface area contributed by atoms with Crippen molar-refractivity contribution in [3.63, 3.8) is 0 Å². The Labute approximate surface area is 77.6 Å². The van der Waals surface area contributed by atoms with E-state index in [1.165, 1.54) is 17.4 Å². The summed E-state index contributed by atoms with van der Waals surface area (Å²) in [5.74, 6) is -0.449. The molecule has 0 amide bonds. The molecule has 0 spiro atoms. The predicted octanol–water partition coefficient (Wildman–Crippen LogP) is 3.28. The van der Waals surface area contributed by atoms with E-state index in [0.717, 1.165) is 10.1 Å². The molecule has 2 N–H and O–H groups in total. The zero-order valence-electron chi connectivity index (χ0n) is 5.97. The van der Waals surface area contributed by atoms with Crippen LogP contribution < -0.4 is 5.73 Å². The molecule has 62 valence electrons. The Balaban J connectivity index is 2.94. The SMILES string of the molecule is Nc1c(F)cc2sccc2c1Cl. The van der Waals surface area contributed by atoms with Crippen molar-refractivity contribution in [1.29, 1.82) is 0 Å². The van der Waals surface area contributed by atoms with Crippen molar-refractivity contribution >= 4 is 38.7 Å². The topological polar surface area (TPSA) is 26.0 Å². The average Bonchev–Trinajstić information content (AvgIpc) is 2.48. The molecule has 0 aliphatic carbocycles. The van der Waals surface area contributed by atoms with E-state index < -0.39 is 5.82 Å². The van der Waals surface area contributed by atoms with Gasteiger partial charge in [0.05, 0.1) is 10.7 Å². The molecule has 0 saturated heterocycles. The molecular formula is C8H5ClFNS. The molecule has 1 aromatic carbocycles. The maximum Gasteiger partial charge on any atom is 0.149 e. The van der Waals surface area contributed by atoms with Gasteiger partial charge in [-0.2, -0.15) is 0 Å². The van der Waals surface area contributed by atoms with Crippen molar-refractivity contribution in [3.8, 4) is 0 Å². The van der Waals surface area contributed by atoms with Crippen LogP contribution in [0.2, 0.25) is 5.02 Å². The van der Waals surface area contributed by atoms with Gasteiger partial charge in [0.25, 0.3) is 0 Å². The second kappa shape index (κ2) is 2.61. The number of nitrogens with two attached hydrogens (primary N) is 1. The number of rotatable bonds is 0. The van der Waals surface area contributed by atoms with Crippen LogP contribution in [0, 0.1) is 5.82 Å². The summed E-state index contributed by atoms with van der Waals surface area (Å²) in [6.45, 7) is 0. The fourth-order valence-electron chi connectivity index (χ4n) is 1.06. The summed E-state index contributed by atoms with van der Waals surface area (Å²) in [6, 6.07) is 3.24. The predicted molar refractivity (Wildman–Crippen MR) is 51.2 cm³/mol. The molecular weight excluding hydrogens is 197 g/mol. The number of hydrogen-bond donors (Lipinski definition) is 1. The maximum absolute atomic E-state index is 13.0. The smallest absolute Gasteiger partial charge is 0.149 e. The van der Waals surface area contributed by atoms with Crippen LogP contribution in [0.5, 0.6) is 0 Å². The highest BCUT2D eigenvalue weighted by atomic mass is 35.5. The van der Waals surface area contributed by atoms with Crippen molar-refractivity contribution in [3.05, 3.63) is 28.4 Å². The van der Waals surface area contributed by atoms with Crippen LogP contribution in [0.3, 0.4) is 0 Å². The zero-order chi connectivity index (χ0) is 8.72. The summed E-state index contributed by atoms with van der Waals surface area (Å²) in [6.07, 6.45) is 0. The van der Waals surface area contributed by atoms with Gasteiger partial charge in [-0.3, -0.25) is 0 Å². The largest absolute Gasteiger partial charge is 0.395 e. The normalized spacial score (nSPS) is 10.8. The Morgan fingerprint density at radius 1 is 1.50 bits per heavy atom. The van der Waals surface area contributed by atoms with Gasteiger partial charge < -0.3 is 5.73 Å². The highest BCUT2D eigenvalue weighted by molar-refractivity contribution is 7.17. The first-order chi connectivity index (χ1) is 5.70. The van der Waals surface area contributed by atoms with E-state index in [4.69, 9.17) is 17.3 Å². The number of hydrogen-bond acceptors (Lipinski definition) is 2. The Morgan fingerprint density at radius 3 is 3.00 bits per heavy atom. The molecule has 0 aliphatic rings. The minimum absolute atomic E-state index is 0.0302. The number of nitrogen functional groups attached to an aromatic ring is 1. The Kier molecular flexibility index (Phi) is 1.70. The van der Waals surface area contributed by atoms with Gasteiger partial charge in [-0.15, -0.1) is 11.3 Å². The molecule has 2 rings (SSSR count). The van der Waals surface area contributed by atoms with Gasteiger partial charge in [-0.05, 0) is 17.5 Å². The number of fused-ring (bicyclic) bond motifs is 1. The number of benzene rings is 1. The third kappa shape index (κ3) is 0.974. The molecule has 0 unspecified atom stereocenters. The van der Waals surface area contributed by atoms with E-state index in [9.17, 15) is 4.39 Å². The molecule has 2 aromatic rings. The molecule has 0 aliphatic heterocycles. The van der Waals surface area contributed by atoms with Gasteiger partial charge in [0.15, 0.2) is 0 Å². The molecule has 1 heterocycles. The van der Waals surface area contributed by atoms with Crippen LogP contribution in [0.1, 0.15) is 0 Å². The van der Waals surface area contributed by atoms with Crippen molar-refractivity contribution in [2.75, 3.05) is 5.73 Å². The van der Waals surface area contributed by atoms with Crippen molar-refractivity contribution in [2.45, 2.75) is 0 Å². The van der Waals surface area contributed by atoms with Crippen molar-refractivity contribution in [2.24, 2.45) is 0 Å². The molecule has 0 saturated carbocycles. The first-order valence-electron chi connectivity index (χ1n) is 3.31. The van der Waals surface area contributed by atoms with Gasteiger partial charge in [0, 0.05) is 10.1 Å². The minimum atomic E-state index is -0.449. The van der Waals surface area contributed by atoms with E-state index in [1.807, 2.05) is 11.4 Å². The Hall–Kier alpha value is -0.800. The summed E-state index contributed by atoms with van der Waals surface area (Å²) in [4.78, 5) is 0. The molecule has 1 aromatic heterocycles. The fourth-order valence-corrected chi connectivity index (χ4v) is 2.19. The van der Waals surface area contributed by atoms with Crippen molar-refractivity contribution < 1.29 is 4.39 Å². The third-order valence-corrected chi connectivity index (χ3v) is 2.95. The van der Waals surface area contributed by atoms with Gasteiger partial charge >= 0.3 is 0 Å². The van der Waals surface area contributed by atoms with Crippen LogP contribution in [-0.2, 0) is 0 Å². The summed E-state index contributed by atoms with van der Waals surface area (Å²) < 4.78 is 13.8. The molecule has 4 heteroatoms. The number of halogens is 2. The number of thiophene rings is 1. The van der Waals surface area contributed by atoms with Gasteiger partial charge in [-0.1, -0.05) is 11.6 Å². The first-order valence-corrected chi connectivity index (χ1v) is 4.56. The average molecular weight is 202 g/mol. The van der Waals surface area contributed by atoms with Gasteiger partial charge in [0.1, 0.15) is 5.82 Å². The van der Waals surface area contributed by atoms with E-state index in [1.54, 1.807) is 0 Å². The quantitative estimate of drug-likeness (QED) is 0.651. The van der Waals surface area contributed by atoms with Crippen LogP contribution in [-0.4, -0.2) is 0 Å². The lowest BCUT2D eigenvalue weighted by atomic mass is 10.2. The lowest BCUT2D eigenvalue weighted by molar-refractivity contribution is 0.634. The lowest BCUT2D eigenvalue weighted by Gasteiger charge is -2.00. The molecule has 1 nitrogen and oxygen atoms in total. The monoisotopic (exact) mass is 201 g/mol. The Bertz CT molecular complexity index is 438. The third-order valence-electron chi connectivity index (χ3n) is 1.68. The lowest BCUT2D eigenvalue weighted by Crippen LogP contribution is -1.90. The second-order valence-corrected chi connectivity index (χ2v) is 3.74. The van der Waals surface area contributed by atoms with Crippen LogP contribution in [0.4, 0.5) is 10.1 Å². The fraction of sp³-hybridized carbons (Fsp3) is 0. The molecule has 0 radical (unpaired) electrons. The first kappa shape index (κ1) is 7.83. The number of anilines is 1. The summed E-state index contributed by atoms with van der Waals surface area (Å²) >= 11 is 7.26. The van der Waals surface area contributed by atoms with E-state index in [2.05, 4.69) is 0 Å². The molecule has 0 bridgehead atoms. The van der Waals surface area contributed by atoms with Gasteiger partial charge in [-0.25, -0.2) is 4.39 Å². The van der Waals surface area contributed by atoms with E-state index in [0.29, 0.717) is 5.02 Å². The molecule has 0 fully saturated rings. The minimum Gasteiger partial charge on any atom is -0.395 e. The van der Waals surface area contributed by atoms with Crippen LogP contribution in [0.25, 0.3) is 10.1 Å². The standard InChI is InChI=1S/C8H5ClFNS/c9-7-4-1-2-12-6(4)3-5(10)8(7)11/h1-3H,11H2. The van der Waals surface area contributed by atoms with Crippen molar-refractivity contribution in [1.82, 2.24) is 0 Å². The summed E-state index contributed by atoms with van der Waals surface area (Å²) in [5, 5.41) is 2.99. The highest BCUT2D eigenvalue weighted by Gasteiger charge is 2.08. The second-order valence-electron chi connectivity index (χ2n) is 2.42. The molecule has 12 heavy (non-hydrogen) atoms. The maximum atomic E-state index is 13.0. The molecule has 0 atom stereocenters. The summed E-state index contributed by atoms with van der Waals surface area (Å²) in [7, 11) is 0. The zero-order valence-corrected chi connectivity index (χ0v) is 7.55. The van der Waals surface area contributed by atoms with E-state index >= 15 is 0 Å². The van der Waals surface area contributed by atoms with Crippen LogP contribution in [0.15, 0.2) is 17.5 Å².